The summed E-state index contributed by atoms with van der Waals surface area (Å²) in [4.78, 5) is 13.4. The summed E-state index contributed by atoms with van der Waals surface area (Å²) < 4.78 is 5.29. The standard InChI is InChI=1S/C11H16N2O2/c1-11(2,3)15-10(14)13-8(6-12)4-7-5-9(7)13/h7-9H,4-5H2,1-3H3/t7-,8?,9+/m0/s1. The van der Waals surface area contributed by atoms with Crippen LogP contribution in [0.15, 0.2) is 0 Å². The maximum absolute atomic E-state index is 11.8. The molecule has 2 rings (SSSR count). The van der Waals surface area contributed by atoms with Gasteiger partial charge in [-0.1, -0.05) is 0 Å². The molecule has 1 heterocycles. The summed E-state index contributed by atoms with van der Waals surface area (Å²) in [5, 5.41) is 8.92. The molecule has 1 amide bonds. The maximum atomic E-state index is 11.8. The van der Waals surface area contributed by atoms with Crippen LogP contribution in [-0.4, -0.2) is 28.7 Å². The van der Waals surface area contributed by atoms with Crippen molar-refractivity contribution in [2.24, 2.45) is 5.92 Å². The van der Waals surface area contributed by atoms with Crippen LogP contribution in [-0.2, 0) is 4.74 Å². The Morgan fingerprint density at radius 3 is 2.67 bits per heavy atom. The summed E-state index contributed by atoms with van der Waals surface area (Å²) in [5.41, 5.74) is -0.482. The summed E-state index contributed by atoms with van der Waals surface area (Å²) in [6, 6.07) is 2.16. The average molecular weight is 208 g/mol. The Kier molecular flexibility index (Phi) is 2.14. The van der Waals surface area contributed by atoms with E-state index in [0.29, 0.717) is 5.92 Å². The quantitative estimate of drug-likeness (QED) is 0.611. The molecule has 3 atom stereocenters. The van der Waals surface area contributed by atoms with Gasteiger partial charge in [0.2, 0.25) is 0 Å². The zero-order chi connectivity index (χ0) is 11.2. The van der Waals surface area contributed by atoms with Gasteiger partial charge in [-0.15, -0.1) is 0 Å². The van der Waals surface area contributed by atoms with Crippen LogP contribution in [0.2, 0.25) is 0 Å². The second kappa shape index (κ2) is 3.13. The first-order valence-electron chi connectivity index (χ1n) is 5.33. The van der Waals surface area contributed by atoms with Crippen LogP contribution in [0.3, 0.4) is 0 Å². The van der Waals surface area contributed by atoms with Gasteiger partial charge in [0.25, 0.3) is 0 Å². The molecule has 0 aromatic carbocycles. The van der Waals surface area contributed by atoms with E-state index in [0.717, 1.165) is 12.8 Å². The van der Waals surface area contributed by atoms with E-state index >= 15 is 0 Å². The van der Waals surface area contributed by atoms with E-state index in [9.17, 15) is 4.79 Å². The number of nitrogens with zero attached hydrogens (tertiary/aromatic N) is 2. The third kappa shape index (κ3) is 1.92. The first kappa shape index (κ1) is 10.3. The van der Waals surface area contributed by atoms with Crippen molar-refractivity contribution in [3.63, 3.8) is 0 Å². The van der Waals surface area contributed by atoms with Gasteiger partial charge in [-0.3, -0.25) is 4.90 Å². The molecule has 1 aliphatic carbocycles. The van der Waals surface area contributed by atoms with E-state index < -0.39 is 5.60 Å². The Bertz CT molecular complexity index is 326. The molecule has 4 nitrogen and oxygen atoms in total. The lowest BCUT2D eigenvalue weighted by Crippen LogP contribution is -2.41. The summed E-state index contributed by atoms with van der Waals surface area (Å²) in [7, 11) is 0. The molecule has 0 spiro atoms. The fraction of sp³-hybridized carbons (Fsp3) is 0.818. The smallest absolute Gasteiger partial charge is 0.411 e. The lowest BCUT2D eigenvalue weighted by atomic mass is 10.2. The minimum absolute atomic E-state index is 0.268. The van der Waals surface area contributed by atoms with Gasteiger partial charge in [-0.05, 0) is 39.5 Å². The monoisotopic (exact) mass is 208 g/mol. The molecule has 2 fully saturated rings. The van der Waals surface area contributed by atoms with Gasteiger partial charge in [0.15, 0.2) is 0 Å². The number of amides is 1. The van der Waals surface area contributed by atoms with Crippen LogP contribution in [0.25, 0.3) is 0 Å². The fourth-order valence-electron chi connectivity index (χ4n) is 2.15. The largest absolute Gasteiger partial charge is 0.444 e. The fourth-order valence-corrected chi connectivity index (χ4v) is 2.15. The molecule has 82 valence electrons. The van der Waals surface area contributed by atoms with Gasteiger partial charge >= 0.3 is 6.09 Å². The van der Waals surface area contributed by atoms with Gasteiger partial charge in [-0.25, -0.2) is 4.79 Å². The number of hydrogen-bond donors (Lipinski definition) is 0. The van der Waals surface area contributed by atoms with Crippen molar-refractivity contribution in [3.8, 4) is 6.07 Å². The molecule has 0 radical (unpaired) electrons. The number of piperidine rings is 1. The van der Waals surface area contributed by atoms with E-state index in [-0.39, 0.29) is 18.2 Å². The predicted octanol–water partition coefficient (Wildman–Crippen LogP) is 1.91. The lowest BCUT2D eigenvalue weighted by molar-refractivity contribution is 0.0223. The molecule has 4 heteroatoms. The van der Waals surface area contributed by atoms with Gasteiger partial charge < -0.3 is 4.74 Å². The van der Waals surface area contributed by atoms with E-state index in [2.05, 4.69) is 6.07 Å². The van der Waals surface area contributed by atoms with Gasteiger partial charge in [0.05, 0.1) is 6.07 Å². The molecule has 1 aliphatic heterocycles. The molecular formula is C11H16N2O2. The van der Waals surface area contributed by atoms with Gasteiger partial charge in [0, 0.05) is 6.04 Å². The first-order chi connectivity index (χ1) is 6.92. The van der Waals surface area contributed by atoms with Crippen LogP contribution in [0, 0.1) is 17.2 Å². The molecule has 1 unspecified atom stereocenters. The zero-order valence-electron chi connectivity index (χ0n) is 9.36. The van der Waals surface area contributed by atoms with E-state index in [1.54, 1.807) is 4.90 Å². The molecule has 0 N–H and O–H groups in total. The summed E-state index contributed by atoms with van der Waals surface area (Å²) in [5.74, 6) is 0.544. The van der Waals surface area contributed by atoms with Gasteiger partial charge in [-0.2, -0.15) is 5.26 Å². The lowest BCUT2D eigenvalue weighted by Gasteiger charge is -2.27. The summed E-state index contributed by atoms with van der Waals surface area (Å²) in [6.45, 7) is 5.52. The van der Waals surface area contributed by atoms with Crippen LogP contribution < -0.4 is 0 Å². The van der Waals surface area contributed by atoms with E-state index in [1.807, 2.05) is 20.8 Å². The number of carbonyl (C=O) groups excluding carboxylic acids is 1. The number of hydrogen-bond acceptors (Lipinski definition) is 3. The second-order valence-corrected chi connectivity index (χ2v) is 5.33. The molecule has 0 bridgehead atoms. The molecule has 1 saturated carbocycles. The van der Waals surface area contributed by atoms with Crippen molar-refractivity contribution < 1.29 is 9.53 Å². The van der Waals surface area contributed by atoms with Crippen molar-refractivity contribution in [2.45, 2.75) is 51.3 Å². The Morgan fingerprint density at radius 1 is 1.47 bits per heavy atom. The van der Waals surface area contributed by atoms with Crippen molar-refractivity contribution in [3.05, 3.63) is 0 Å². The molecular weight excluding hydrogens is 192 g/mol. The maximum Gasteiger partial charge on any atom is 0.411 e. The highest BCUT2D eigenvalue weighted by Gasteiger charge is 2.55. The van der Waals surface area contributed by atoms with Crippen LogP contribution in [0.4, 0.5) is 4.79 Å². The Labute approximate surface area is 89.8 Å². The summed E-state index contributed by atoms with van der Waals surface area (Å²) >= 11 is 0. The van der Waals surface area contributed by atoms with Crippen molar-refractivity contribution in [2.75, 3.05) is 0 Å². The van der Waals surface area contributed by atoms with E-state index in [1.165, 1.54) is 0 Å². The minimum atomic E-state index is -0.482. The number of fused-ring (bicyclic) bond motifs is 1. The Morgan fingerprint density at radius 2 is 2.13 bits per heavy atom. The molecule has 1 saturated heterocycles. The Hall–Kier alpha value is -1.24. The first-order valence-corrected chi connectivity index (χ1v) is 5.33. The Balaban J connectivity index is 2.04. The highest BCUT2D eigenvalue weighted by atomic mass is 16.6. The second-order valence-electron chi connectivity index (χ2n) is 5.33. The summed E-state index contributed by atoms with van der Waals surface area (Å²) in [6.07, 6.45) is 1.52. The molecule has 0 aromatic heterocycles. The highest BCUT2D eigenvalue weighted by Crippen LogP contribution is 2.48. The number of rotatable bonds is 0. The van der Waals surface area contributed by atoms with Crippen LogP contribution in [0.5, 0.6) is 0 Å². The SMILES string of the molecule is CC(C)(C)OC(=O)N1C(C#N)C[C@H]2C[C@H]21. The average Bonchev–Trinajstić information content (AvgIpc) is 2.73. The molecule has 0 aromatic rings. The number of ether oxygens (including phenoxy) is 1. The molecule has 2 aliphatic rings. The normalized spacial score (nSPS) is 33.2. The zero-order valence-corrected chi connectivity index (χ0v) is 9.36. The number of likely N-dealkylation sites (tertiary alicyclic amines) is 1. The number of carbonyl (C=O) groups is 1. The molecule has 15 heavy (non-hydrogen) atoms. The highest BCUT2D eigenvalue weighted by molar-refractivity contribution is 5.70. The number of nitriles is 1. The van der Waals surface area contributed by atoms with Gasteiger partial charge in [0.1, 0.15) is 11.6 Å². The van der Waals surface area contributed by atoms with Crippen molar-refractivity contribution in [1.29, 1.82) is 5.26 Å². The predicted molar refractivity (Wildman–Crippen MR) is 54.0 cm³/mol. The topological polar surface area (TPSA) is 53.3 Å². The van der Waals surface area contributed by atoms with Crippen LogP contribution in [0.1, 0.15) is 33.6 Å². The van der Waals surface area contributed by atoms with E-state index in [4.69, 9.17) is 10.00 Å². The minimum Gasteiger partial charge on any atom is -0.444 e. The third-order valence-electron chi connectivity index (χ3n) is 2.86. The van der Waals surface area contributed by atoms with Crippen molar-refractivity contribution >= 4 is 6.09 Å². The third-order valence-corrected chi connectivity index (χ3v) is 2.86. The van der Waals surface area contributed by atoms with Crippen molar-refractivity contribution in [1.82, 2.24) is 4.90 Å². The van der Waals surface area contributed by atoms with Crippen LogP contribution >= 0.6 is 0 Å².